The van der Waals surface area contributed by atoms with Crippen molar-refractivity contribution in [2.24, 2.45) is 0 Å². The molecule has 0 aliphatic rings. The molecule has 0 spiro atoms. The van der Waals surface area contributed by atoms with Crippen LogP contribution < -0.4 is 9.61 Å². The molecule has 0 atom stereocenters. The Labute approximate surface area is 305 Å². The van der Waals surface area contributed by atoms with E-state index >= 15 is 0 Å². The van der Waals surface area contributed by atoms with Crippen LogP contribution in [0.3, 0.4) is 0 Å². The zero-order valence-electron chi connectivity index (χ0n) is 31.1. The monoisotopic (exact) mass is 708 g/mol. The van der Waals surface area contributed by atoms with Crippen LogP contribution in [0.25, 0.3) is 0 Å². The first-order chi connectivity index (χ1) is 24.5. The third kappa shape index (κ3) is 16.7. The lowest BCUT2D eigenvalue weighted by atomic mass is 10.0. The number of aromatic nitrogens is 2. The Balaban J connectivity index is 1.18. The van der Waals surface area contributed by atoms with Crippen molar-refractivity contribution in [2.45, 2.75) is 162 Å². The van der Waals surface area contributed by atoms with Gasteiger partial charge < -0.3 is 14.6 Å². The molecule has 3 rings (SSSR count). The van der Waals surface area contributed by atoms with Crippen LogP contribution in [0.5, 0.6) is 11.6 Å². The Kier molecular flexibility index (Phi) is 21.3. The molecule has 1 N–H and O–H groups in total. The van der Waals surface area contributed by atoms with Crippen LogP contribution in [-0.2, 0) is 24.0 Å². The Bertz CT molecular complexity index is 1370. The van der Waals surface area contributed by atoms with E-state index in [0.717, 1.165) is 65.0 Å². The fourth-order valence-electron chi connectivity index (χ4n) is 6.24. The number of hydrogen-bond donors (Lipinski definition) is 1. The summed E-state index contributed by atoms with van der Waals surface area (Å²) in [6.07, 6.45) is 29.4. The lowest BCUT2D eigenvalue weighted by Crippen LogP contribution is -2.23. The van der Waals surface area contributed by atoms with Gasteiger partial charge in [-0.25, -0.2) is 4.79 Å². The Morgan fingerprint density at radius 3 is 1.72 bits per heavy atom. The van der Waals surface area contributed by atoms with Crippen LogP contribution in [0, 0.1) is 0 Å². The number of benzene rings is 1. The number of aryl methyl sites for hydroxylation is 1. The van der Waals surface area contributed by atoms with Crippen LogP contribution in [-0.4, -0.2) is 34.0 Å². The topological polar surface area (TPSA) is 90.7 Å². The van der Waals surface area contributed by atoms with E-state index in [1.807, 2.05) is 36.5 Å². The van der Waals surface area contributed by atoms with Crippen LogP contribution in [0.4, 0.5) is 4.79 Å². The van der Waals surface area contributed by atoms with Gasteiger partial charge in [0, 0.05) is 24.7 Å². The number of carbonyl (C=O) groups is 1. The first kappa shape index (κ1) is 41.3. The van der Waals surface area contributed by atoms with Gasteiger partial charge in [-0.1, -0.05) is 165 Å². The van der Waals surface area contributed by atoms with Gasteiger partial charge in [0.05, 0.1) is 18.1 Å². The smallest absolute Gasteiger partial charge is 0.424 e. The maximum Gasteiger partial charge on any atom is 0.424 e. The lowest BCUT2D eigenvalue weighted by molar-refractivity contribution is 0.142. The van der Waals surface area contributed by atoms with Crippen molar-refractivity contribution < 1.29 is 19.4 Å². The van der Waals surface area contributed by atoms with E-state index in [9.17, 15) is 14.7 Å². The summed E-state index contributed by atoms with van der Waals surface area (Å²) in [5.41, 5.74) is 3.11. The Morgan fingerprint density at radius 2 is 1.22 bits per heavy atom. The number of nitrogens with zero attached hydrogens (tertiary/aromatic N) is 2. The predicted octanol–water partition coefficient (Wildman–Crippen LogP) is 11.6. The average molecular weight is 709 g/mol. The van der Waals surface area contributed by atoms with Gasteiger partial charge in [0.1, 0.15) is 5.75 Å². The summed E-state index contributed by atoms with van der Waals surface area (Å²) in [4.78, 5) is 29.5. The lowest BCUT2D eigenvalue weighted by Gasteiger charge is -2.08. The normalized spacial score (nSPS) is 11.2. The summed E-state index contributed by atoms with van der Waals surface area (Å²) < 4.78 is 11.9. The minimum absolute atomic E-state index is 0.246. The zero-order valence-corrected chi connectivity index (χ0v) is 31.9. The second-order valence-electron chi connectivity index (χ2n) is 13.7. The summed E-state index contributed by atoms with van der Waals surface area (Å²) in [6.45, 7) is 5.16. The number of rotatable bonds is 28. The molecule has 0 aliphatic heterocycles. The SMILES string of the molecule is CCCCCCCCCCCCCCCCCCCCCCOC(=O)n1c(O)c(Cc2ccc(OCCc3ccc(CC)cn3)cc2)sc1=O. The molecule has 3 aromatic rings. The molecule has 7 nitrogen and oxygen atoms in total. The van der Waals surface area contributed by atoms with E-state index in [1.165, 1.54) is 115 Å². The number of hydrogen-bond acceptors (Lipinski definition) is 7. The number of thiazole rings is 1. The molecule has 2 heterocycles. The van der Waals surface area contributed by atoms with Gasteiger partial charge in [-0.3, -0.25) is 9.78 Å². The molecule has 0 amide bonds. The second kappa shape index (κ2) is 25.8. The molecule has 278 valence electrons. The van der Waals surface area contributed by atoms with Gasteiger partial charge in [-0.2, -0.15) is 4.57 Å². The Morgan fingerprint density at radius 1 is 0.700 bits per heavy atom. The van der Waals surface area contributed by atoms with Crippen molar-refractivity contribution in [3.05, 3.63) is 74.0 Å². The predicted molar refractivity (Wildman–Crippen MR) is 207 cm³/mol. The number of ether oxygens (including phenoxy) is 2. The molecular formula is C42H64N2O5S. The molecule has 0 radical (unpaired) electrons. The van der Waals surface area contributed by atoms with Gasteiger partial charge in [0.2, 0.25) is 5.88 Å². The highest BCUT2D eigenvalue weighted by molar-refractivity contribution is 7.09. The van der Waals surface area contributed by atoms with Crippen LogP contribution in [0.2, 0.25) is 0 Å². The standard InChI is InChI=1S/C42H64N2O5S/c1-3-5-6-7-8-9-10-11-12-13-14-15-16-17-18-19-20-21-22-23-31-49-41(46)44-40(45)39(50-42(44)47)33-36-25-28-38(29-26-36)48-32-30-37-27-24-35(4-2)34-43-37/h24-29,34,45H,3-23,30-33H2,1-2H3. The number of unbranched alkanes of at least 4 members (excludes halogenated alkanes) is 19. The van der Waals surface area contributed by atoms with Crippen molar-refractivity contribution in [3.8, 4) is 11.6 Å². The molecule has 0 bridgehead atoms. The highest BCUT2D eigenvalue weighted by atomic mass is 32.1. The number of aromatic hydroxyl groups is 1. The van der Waals surface area contributed by atoms with E-state index in [0.29, 0.717) is 17.9 Å². The maximum atomic E-state index is 12.6. The molecule has 0 saturated heterocycles. The highest BCUT2D eigenvalue weighted by Crippen LogP contribution is 2.25. The summed E-state index contributed by atoms with van der Waals surface area (Å²) in [7, 11) is 0. The highest BCUT2D eigenvalue weighted by Gasteiger charge is 2.21. The second-order valence-corrected chi connectivity index (χ2v) is 14.8. The molecule has 50 heavy (non-hydrogen) atoms. The maximum absolute atomic E-state index is 12.6. The molecular weight excluding hydrogens is 645 g/mol. The van der Waals surface area contributed by atoms with Gasteiger partial charge in [-0.15, -0.1) is 0 Å². The van der Waals surface area contributed by atoms with Crippen molar-refractivity contribution in [1.82, 2.24) is 9.55 Å². The van der Waals surface area contributed by atoms with E-state index in [-0.39, 0.29) is 12.5 Å². The first-order valence-corrected chi connectivity index (χ1v) is 20.6. The summed E-state index contributed by atoms with van der Waals surface area (Å²) >= 11 is 0.868. The largest absolute Gasteiger partial charge is 0.493 e. The van der Waals surface area contributed by atoms with Gasteiger partial charge >= 0.3 is 11.0 Å². The van der Waals surface area contributed by atoms with E-state index < -0.39 is 11.0 Å². The van der Waals surface area contributed by atoms with Crippen molar-refractivity contribution in [1.29, 1.82) is 0 Å². The molecule has 0 unspecified atom stereocenters. The number of carbonyl (C=O) groups excluding carboxylic acids is 1. The van der Waals surface area contributed by atoms with Gasteiger partial charge in [0.25, 0.3) is 0 Å². The Hall–Kier alpha value is -3.13. The molecule has 0 saturated carbocycles. The van der Waals surface area contributed by atoms with Crippen LogP contribution >= 0.6 is 11.3 Å². The van der Waals surface area contributed by atoms with E-state index in [2.05, 4.69) is 24.9 Å². The first-order valence-electron chi connectivity index (χ1n) is 19.8. The fraction of sp³-hybridized carbons (Fsp3) is 0.643. The minimum Gasteiger partial charge on any atom is -0.493 e. The summed E-state index contributed by atoms with van der Waals surface area (Å²) in [5.74, 6) is 0.401. The van der Waals surface area contributed by atoms with Crippen molar-refractivity contribution in [3.63, 3.8) is 0 Å². The zero-order chi connectivity index (χ0) is 35.7. The van der Waals surface area contributed by atoms with Crippen LogP contribution in [0.15, 0.2) is 47.4 Å². The third-order valence-corrected chi connectivity index (χ3v) is 10.4. The molecule has 1 aromatic carbocycles. The molecule has 2 aromatic heterocycles. The van der Waals surface area contributed by atoms with Crippen molar-refractivity contribution in [2.75, 3.05) is 13.2 Å². The quantitative estimate of drug-likeness (QED) is 0.0755. The molecule has 0 fully saturated rings. The van der Waals surface area contributed by atoms with E-state index in [4.69, 9.17) is 9.47 Å². The number of pyridine rings is 1. The van der Waals surface area contributed by atoms with Gasteiger partial charge in [-0.05, 0) is 42.2 Å². The van der Waals surface area contributed by atoms with Gasteiger partial charge in [0.15, 0.2) is 0 Å². The van der Waals surface area contributed by atoms with Crippen LogP contribution in [0.1, 0.15) is 164 Å². The third-order valence-electron chi connectivity index (χ3n) is 9.47. The van der Waals surface area contributed by atoms with Crippen molar-refractivity contribution >= 4 is 17.4 Å². The molecule has 0 aliphatic carbocycles. The summed E-state index contributed by atoms with van der Waals surface area (Å²) in [6, 6.07) is 11.7. The molecule has 8 heteroatoms. The minimum atomic E-state index is -0.810. The van der Waals surface area contributed by atoms with E-state index in [1.54, 1.807) is 0 Å². The fourth-order valence-corrected chi connectivity index (χ4v) is 7.12. The average Bonchev–Trinajstić information content (AvgIpc) is 3.41. The summed E-state index contributed by atoms with van der Waals surface area (Å²) in [5, 5.41) is 10.7.